The number of hydrogen-bond acceptors (Lipinski definition) is 4. The number of halogens is 4. The molecule has 0 fully saturated rings. The number of nitrogens with one attached hydrogen (secondary N) is 1. The Kier molecular flexibility index (Phi) is 4.72. The van der Waals surface area contributed by atoms with Gasteiger partial charge in [0.25, 0.3) is 0 Å². The molecule has 5 nitrogen and oxygen atoms in total. The highest BCUT2D eigenvalue weighted by molar-refractivity contribution is 7.90. The number of sulfone groups is 1. The number of H-pyrrole nitrogens is 1. The Labute approximate surface area is 157 Å². The first-order valence-electron chi connectivity index (χ1n) is 7.68. The minimum Gasteiger partial charge on any atom is -0.334 e. The molecule has 0 radical (unpaired) electrons. The van der Waals surface area contributed by atoms with E-state index in [1.165, 1.54) is 30.3 Å². The minimum atomic E-state index is -4.79. The average molecular weight is 409 g/mol. The molecule has 1 heterocycles. The summed E-state index contributed by atoms with van der Waals surface area (Å²) >= 11 is 0. The Balaban J connectivity index is 2.24. The molecule has 10 heteroatoms. The SMILES string of the molecule is CS(=O)(=O)c1ccc(-c2nc(C(F)(F)F)[nH]c2-c2cccc(C#N)c2)cc1F. The number of nitrogens with zero attached hydrogens (tertiary/aromatic N) is 2. The average Bonchev–Trinajstić information content (AvgIpc) is 3.06. The molecule has 0 aliphatic rings. The monoisotopic (exact) mass is 409 g/mol. The van der Waals surface area contributed by atoms with Gasteiger partial charge in [0.15, 0.2) is 9.84 Å². The highest BCUT2D eigenvalue weighted by atomic mass is 32.2. The molecule has 28 heavy (non-hydrogen) atoms. The molecule has 0 spiro atoms. The van der Waals surface area contributed by atoms with Crippen molar-refractivity contribution in [2.45, 2.75) is 11.1 Å². The summed E-state index contributed by atoms with van der Waals surface area (Å²) in [5.41, 5.74) is 0.112. The molecule has 0 saturated carbocycles. The molecule has 0 saturated heterocycles. The molecule has 3 rings (SSSR count). The van der Waals surface area contributed by atoms with Crippen LogP contribution >= 0.6 is 0 Å². The van der Waals surface area contributed by atoms with E-state index in [2.05, 4.69) is 9.97 Å². The van der Waals surface area contributed by atoms with Crippen LogP contribution in [0.1, 0.15) is 11.4 Å². The fourth-order valence-corrected chi connectivity index (χ4v) is 3.35. The van der Waals surface area contributed by atoms with Crippen LogP contribution in [-0.4, -0.2) is 24.6 Å². The Bertz CT molecular complexity index is 1210. The summed E-state index contributed by atoms with van der Waals surface area (Å²) in [6.45, 7) is 0. The second kappa shape index (κ2) is 6.76. The molecule has 0 amide bonds. The van der Waals surface area contributed by atoms with Gasteiger partial charge in [-0.15, -0.1) is 0 Å². The van der Waals surface area contributed by atoms with E-state index in [1.807, 2.05) is 6.07 Å². The van der Waals surface area contributed by atoms with Gasteiger partial charge in [0.05, 0.1) is 23.0 Å². The molecule has 0 bridgehead atoms. The lowest BCUT2D eigenvalue weighted by molar-refractivity contribution is -0.144. The van der Waals surface area contributed by atoms with Gasteiger partial charge in [0.1, 0.15) is 10.7 Å². The Hall–Kier alpha value is -3.19. The lowest BCUT2D eigenvalue weighted by Gasteiger charge is -2.06. The highest BCUT2D eigenvalue weighted by Gasteiger charge is 2.36. The predicted molar refractivity (Wildman–Crippen MR) is 92.2 cm³/mol. The van der Waals surface area contributed by atoms with Crippen LogP contribution in [0.4, 0.5) is 17.6 Å². The maximum absolute atomic E-state index is 14.2. The van der Waals surface area contributed by atoms with Crippen LogP contribution in [0, 0.1) is 17.1 Å². The zero-order valence-electron chi connectivity index (χ0n) is 14.2. The van der Waals surface area contributed by atoms with Crippen molar-refractivity contribution in [2.24, 2.45) is 0 Å². The van der Waals surface area contributed by atoms with Crippen LogP contribution in [0.25, 0.3) is 22.5 Å². The molecule has 144 valence electrons. The van der Waals surface area contributed by atoms with E-state index in [9.17, 15) is 26.0 Å². The van der Waals surface area contributed by atoms with Crippen LogP contribution in [-0.2, 0) is 16.0 Å². The van der Waals surface area contributed by atoms with Gasteiger partial charge in [-0.2, -0.15) is 18.4 Å². The number of aromatic amines is 1. The second-order valence-electron chi connectivity index (χ2n) is 5.92. The molecular weight excluding hydrogens is 398 g/mol. The third-order valence-corrected chi connectivity index (χ3v) is 4.99. The fourth-order valence-electron chi connectivity index (χ4n) is 2.62. The van der Waals surface area contributed by atoms with Crippen LogP contribution in [0.3, 0.4) is 0 Å². The molecular formula is C18H11F4N3O2S. The molecule has 3 aromatic rings. The Morgan fingerprint density at radius 3 is 2.39 bits per heavy atom. The maximum atomic E-state index is 14.2. The summed E-state index contributed by atoms with van der Waals surface area (Å²) in [5.74, 6) is -2.40. The van der Waals surface area contributed by atoms with E-state index >= 15 is 0 Å². The van der Waals surface area contributed by atoms with Crippen LogP contribution in [0.2, 0.25) is 0 Å². The number of alkyl halides is 3. The summed E-state index contributed by atoms with van der Waals surface area (Å²) in [4.78, 5) is 5.13. The lowest BCUT2D eigenvalue weighted by Crippen LogP contribution is -2.07. The zero-order valence-corrected chi connectivity index (χ0v) is 15.0. The van der Waals surface area contributed by atoms with Gasteiger partial charge in [-0.1, -0.05) is 18.2 Å². The van der Waals surface area contributed by atoms with Gasteiger partial charge in [-0.05, 0) is 24.3 Å². The Morgan fingerprint density at radius 1 is 1.11 bits per heavy atom. The van der Waals surface area contributed by atoms with Gasteiger partial charge >= 0.3 is 6.18 Å². The molecule has 0 unspecified atom stereocenters. The van der Waals surface area contributed by atoms with Crippen molar-refractivity contribution < 1.29 is 26.0 Å². The molecule has 2 aromatic carbocycles. The van der Waals surface area contributed by atoms with E-state index in [0.29, 0.717) is 0 Å². The molecule has 1 aromatic heterocycles. The van der Waals surface area contributed by atoms with Gasteiger partial charge in [0.2, 0.25) is 5.82 Å². The van der Waals surface area contributed by atoms with Crippen molar-refractivity contribution in [3.8, 4) is 28.6 Å². The van der Waals surface area contributed by atoms with Crippen LogP contribution in [0.5, 0.6) is 0 Å². The number of nitriles is 1. The quantitative estimate of drug-likeness (QED) is 0.658. The van der Waals surface area contributed by atoms with Crippen LogP contribution < -0.4 is 0 Å². The number of rotatable bonds is 3. The van der Waals surface area contributed by atoms with Crippen molar-refractivity contribution in [3.05, 3.63) is 59.7 Å². The number of benzene rings is 2. The van der Waals surface area contributed by atoms with E-state index in [4.69, 9.17) is 5.26 Å². The normalized spacial score (nSPS) is 12.0. The zero-order chi connectivity index (χ0) is 20.7. The van der Waals surface area contributed by atoms with E-state index in [-0.39, 0.29) is 28.1 Å². The van der Waals surface area contributed by atoms with Crippen molar-refractivity contribution in [3.63, 3.8) is 0 Å². The number of aromatic nitrogens is 2. The standard InChI is InChI=1S/C18H11F4N3O2S/c1-28(26,27)14-6-5-12(8-13(14)19)16-15(24-17(25-16)18(20,21)22)11-4-2-3-10(7-11)9-23/h2-8H,1H3,(H,24,25). The third-order valence-electron chi connectivity index (χ3n) is 3.86. The summed E-state index contributed by atoms with van der Waals surface area (Å²) in [6, 6.07) is 10.6. The largest absolute Gasteiger partial charge is 0.449 e. The first-order valence-corrected chi connectivity index (χ1v) is 9.57. The fraction of sp³-hybridized carbons (Fsp3) is 0.111. The first kappa shape index (κ1) is 19.6. The van der Waals surface area contributed by atoms with E-state index in [0.717, 1.165) is 18.4 Å². The summed E-state index contributed by atoms with van der Waals surface area (Å²) in [7, 11) is -3.84. The predicted octanol–water partition coefficient (Wildman–Crippen LogP) is 4.18. The van der Waals surface area contributed by atoms with Crippen LogP contribution in [0.15, 0.2) is 47.4 Å². The number of imidazole rings is 1. The van der Waals surface area contributed by atoms with Crippen molar-refractivity contribution in [1.29, 1.82) is 5.26 Å². The minimum absolute atomic E-state index is 0.0472. The topological polar surface area (TPSA) is 86.6 Å². The smallest absolute Gasteiger partial charge is 0.334 e. The summed E-state index contributed by atoms with van der Waals surface area (Å²) < 4.78 is 76.8. The van der Waals surface area contributed by atoms with Gasteiger partial charge in [-0.25, -0.2) is 17.8 Å². The summed E-state index contributed by atoms with van der Waals surface area (Å²) in [6.07, 6.45) is -3.97. The van der Waals surface area contributed by atoms with E-state index in [1.54, 1.807) is 0 Å². The highest BCUT2D eigenvalue weighted by Crippen LogP contribution is 2.36. The first-order chi connectivity index (χ1) is 13.0. The van der Waals surface area contributed by atoms with Crippen molar-refractivity contribution in [2.75, 3.05) is 6.26 Å². The second-order valence-corrected chi connectivity index (χ2v) is 7.90. The van der Waals surface area contributed by atoms with Gasteiger partial charge in [-0.3, -0.25) is 0 Å². The third kappa shape index (κ3) is 3.75. The van der Waals surface area contributed by atoms with Gasteiger partial charge in [0, 0.05) is 17.4 Å². The van der Waals surface area contributed by atoms with E-state index < -0.39 is 32.6 Å². The van der Waals surface area contributed by atoms with Crippen molar-refractivity contribution >= 4 is 9.84 Å². The lowest BCUT2D eigenvalue weighted by atomic mass is 10.0. The molecule has 0 atom stereocenters. The molecule has 0 aliphatic heterocycles. The molecule has 0 aliphatic carbocycles. The molecule has 1 N–H and O–H groups in total. The Morgan fingerprint density at radius 2 is 1.82 bits per heavy atom. The van der Waals surface area contributed by atoms with Gasteiger partial charge < -0.3 is 4.98 Å². The summed E-state index contributed by atoms with van der Waals surface area (Å²) in [5, 5.41) is 9.01. The van der Waals surface area contributed by atoms with Crippen molar-refractivity contribution in [1.82, 2.24) is 9.97 Å². The maximum Gasteiger partial charge on any atom is 0.449 e. The number of hydrogen-bond donors (Lipinski definition) is 1.